The normalized spacial score (nSPS) is 9.80. The Balaban J connectivity index is 2.47. The van der Waals surface area contributed by atoms with Gasteiger partial charge in [0.2, 0.25) is 0 Å². The summed E-state index contributed by atoms with van der Waals surface area (Å²) in [5.74, 6) is -1.99. The van der Waals surface area contributed by atoms with Crippen LogP contribution in [0.4, 0.5) is 8.78 Å². The average Bonchev–Trinajstić information content (AvgIpc) is 2.21. The number of benzene rings is 1. The van der Waals surface area contributed by atoms with Gasteiger partial charge in [0.1, 0.15) is 5.82 Å². The Hall–Kier alpha value is -1.65. The van der Waals surface area contributed by atoms with E-state index in [0.717, 1.165) is 6.07 Å². The van der Waals surface area contributed by atoms with Crippen LogP contribution in [-0.2, 0) is 9.53 Å². The Kier molecular flexibility index (Phi) is 4.03. The summed E-state index contributed by atoms with van der Waals surface area (Å²) in [4.78, 5) is 10.7. The zero-order valence-electron chi connectivity index (χ0n) is 8.13. The van der Waals surface area contributed by atoms with Gasteiger partial charge in [-0.05, 0) is 12.1 Å². The third kappa shape index (κ3) is 3.53. The molecule has 0 saturated carbocycles. The first-order valence-electron chi connectivity index (χ1n) is 4.28. The number of ether oxygens (including phenoxy) is 2. The topological polar surface area (TPSA) is 35.5 Å². The van der Waals surface area contributed by atoms with Gasteiger partial charge >= 0.3 is 5.97 Å². The monoisotopic (exact) mass is 216 g/mol. The fraction of sp³-hybridized carbons (Fsp3) is 0.300. The second kappa shape index (κ2) is 5.29. The first-order chi connectivity index (χ1) is 7.13. The molecule has 0 saturated heterocycles. The van der Waals surface area contributed by atoms with Crippen LogP contribution < -0.4 is 4.74 Å². The van der Waals surface area contributed by atoms with E-state index in [0.29, 0.717) is 6.07 Å². The van der Waals surface area contributed by atoms with E-state index >= 15 is 0 Å². The fourth-order valence-corrected chi connectivity index (χ4v) is 0.939. The lowest BCUT2D eigenvalue weighted by Gasteiger charge is -2.05. The van der Waals surface area contributed by atoms with E-state index in [2.05, 4.69) is 4.74 Å². The molecule has 0 unspecified atom stereocenters. The number of esters is 1. The summed E-state index contributed by atoms with van der Waals surface area (Å²) in [5, 5.41) is 0. The van der Waals surface area contributed by atoms with Crippen molar-refractivity contribution in [2.75, 3.05) is 13.7 Å². The molecule has 0 radical (unpaired) electrons. The molecule has 0 aliphatic carbocycles. The Morgan fingerprint density at radius 2 is 2.13 bits per heavy atom. The summed E-state index contributed by atoms with van der Waals surface area (Å²) in [5.41, 5.74) is 0. The molecular formula is C10H10F2O3. The van der Waals surface area contributed by atoms with Gasteiger partial charge in [-0.2, -0.15) is 0 Å². The second-order valence-corrected chi connectivity index (χ2v) is 2.75. The van der Waals surface area contributed by atoms with Gasteiger partial charge in [0.05, 0.1) is 20.1 Å². The average molecular weight is 216 g/mol. The third-order valence-corrected chi connectivity index (χ3v) is 1.69. The van der Waals surface area contributed by atoms with Crippen LogP contribution in [0.15, 0.2) is 18.2 Å². The van der Waals surface area contributed by atoms with Crippen molar-refractivity contribution in [3.05, 3.63) is 29.8 Å². The maximum atomic E-state index is 13.0. The lowest BCUT2D eigenvalue weighted by molar-refractivity contribution is -0.141. The zero-order valence-corrected chi connectivity index (χ0v) is 8.13. The van der Waals surface area contributed by atoms with Crippen LogP contribution in [0.2, 0.25) is 0 Å². The Morgan fingerprint density at radius 3 is 2.73 bits per heavy atom. The molecule has 0 amide bonds. The highest BCUT2D eigenvalue weighted by Crippen LogP contribution is 2.17. The molecule has 0 fully saturated rings. The molecule has 0 aliphatic rings. The minimum atomic E-state index is -0.792. The van der Waals surface area contributed by atoms with Crippen LogP contribution in [0.25, 0.3) is 0 Å². The molecule has 1 aromatic rings. The Labute approximate surface area is 85.6 Å². The number of hydrogen-bond acceptors (Lipinski definition) is 3. The molecule has 0 N–H and O–H groups in total. The van der Waals surface area contributed by atoms with Crippen molar-refractivity contribution in [2.45, 2.75) is 6.42 Å². The highest BCUT2D eigenvalue weighted by Gasteiger charge is 2.06. The van der Waals surface area contributed by atoms with Crippen LogP contribution in [-0.4, -0.2) is 19.7 Å². The minimum absolute atomic E-state index is 0.00474. The highest BCUT2D eigenvalue weighted by atomic mass is 19.1. The number of carbonyl (C=O) groups excluding carboxylic acids is 1. The van der Waals surface area contributed by atoms with Crippen molar-refractivity contribution in [3.8, 4) is 5.75 Å². The molecule has 0 aliphatic heterocycles. The molecule has 82 valence electrons. The minimum Gasteiger partial charge on any atom is -0.490 e. The summed E-state index contributed by atoms with van der Waals surface area (Å²) in [6.07, 6.45) is 0.0211. The van der Waals surface area contributed by atoms with Gasteiger partial charge < -0.3 is 9.47 Å². The van der Waals surface area contributed by atoms with E-state index in [4.69, 9.17) is 4.74 Å². The summed E-state index contributed by atoms with van der Waals surface area (Å²) < 4.78 is 34.7. The molecular weight excluding hydrogens is 206 g/mol. The van der Waals surface area contributed by atoms with Crippen LogP contribution in [0.1, 0.15) is 6.42 Å². The van der Waals surface area contributed by atoms with Gasteiger partial charge in [-0.25, -0.2) is 8.78 Å². The standard InChI is InChI=1S/C10H10F2O3/c1-14-10(13)4-5-15-9-3-2-7(11)6-8(9)12/h2-3,6H,4-5H2,1H3. The molecule has 3 nitrogen and oxygen atoms in total. The summed E-state index contributed by atoms with van der Waals surface area (Å²) in [6, 6.07) is 2.96. The van der Waals surface area contributed by atoms with E-state index in [-0.39, 0.29) is 18.8 Å². The maximum absolute atomic E-state index is 13.0. The van der Waals surface area contributed by atoms with Gasteiger partial charge in [0, 0.05) is 6.07 Å². The number of carbonyl (C=O) groups is 1. The molecule has 1 aromatic carbocycles. The Morgan fingerprint density at radius 1 is 1.40 bits per heavy atom. The molecule has 1 rings (SSSR count). The molecule has 0 heterocycles. The Bertz CT molecular complexity index is 353. The largest absolute Gasteiger partial charge is 0.490 e. The van der Waals surface area contributed by atoms with E-state index in [1.807, 2.05) is 0 Å². The first-order valence-corrected chi connectivity index (χ1v) is 4.28. The smallest absolute Gasteiger partial charge is 0.308 e. The molecule has 5 heteroatoms. The fourth-order valence-electron chi connectivity index (χ4n) is 0.939. The van der Waals surface area contributed by atoms with E-state index in [1.165, 1.54) is 13.2 Å². The van der Waals surface area contributed by atoms with Crippen molar-refractivity contribution < 1.29 is 23.0 Å². The lowest BCUT2D eigenvalue weighted by Crippen LogP contribution is -2.08. The molecule has 0 aromatic heterocycles. The van der Waals surface area contributed by atoms with Crippen molar-refractivity contribution in [2.24, 2.45) is 0 Å². The predicted molar refractivity (Wildman–Crippen MR) is 48.5 cm³/mol. The first kappa shape index (κ1) is 11.4. The van der Waals surface area contributed by atoms with Crippen molar-refractivity contribution in [1.82, 2.24) is 0 Å². The lowest BCUT2D eigenvalue weighted by atomic mass is 10.3. The van der Waals surface area contributed by atoms with Gasteiger partial charge in [0.25, 0.3) is 0 Å². The molecule has 0 bridgehead atoms. The quantitative estimate of drug-likeness (QED) is 0.721. The molecule has 0 atom stereocenters. The molecule has 0 spiro atoms. The third-order valence-electron chi connectivity index (χ3n) is 1.69. The zero-order chi connectivity index (χ0) is 11.3. The summed E-state index contributed by atoms with van der Waals surface area (Å²) >= 11 is 0. The summed E-state index contributed by atoms with van der Waals surface area (Å²) in [6.45, 7) is -0.00474. The van der Waals surface area contributed by atoms with Gasteiger partial charge in [-0.15, -0.1) is 0 Å². The highest BCUT2D eigenvalue weighted by molar-refractivity contribution is 5.69. The number of hydrogen-bond donors (Lipinski definition) is 0. The van der Waals surface area contributed by atoms with E-state index in [9.17, 15) is 13.6 Å². The SMILES string of the molecule is COC(=O)CCOc1ccc(F)cc1F. The van der Waals surface area contributed by atoms with Crippen LogP contribution in [0, 0.1) is 11.6 Å². The number of rotatable bonds is 4. The van der Waals surface area contributed by atoms with Crippen molar-refractivity contribution in [3.63, 3.8) is 0 Å². The van der Waals surface area contributed by atoms with Gasteiger partial charge in [-0.3, -0.25) is 4.79 Å². The van der Waals surface area contributed by atoms with Gasteiger partial charge in [-0.1, -0.05) is 0 Å². The van der Waals surface area contributed by atoms with E-state index in [1.54, 1.807) is 0 Å². The van der Waals surface area contributed by atoms with Crippen LogP contribution in [0.3, 0.4) is 0 Å². The number of methoxy groups -OCH3 is 1. The van der Waals surface area contributed by atoms with Crippen LogP contribution in [0.5, 0.6) is 5.75 Å². The second-order valence-electron chi connectivity index (χ2n) is 2.75. The number of halogens is 2. The summed E-state index contributed by atoms with van der Waals surface area (Å²) in [7, 11) is 1.25. The maximum Gasteiger partial charge on any atom is 0.308 e. The van der Waals surface area contributed by atoms with E-state index < -0.39 is 17.6 Å². The van der Waals surface area contributed by atoms with Crippen molar-refractivity contribution >= 4 is 5.97 Å². The molecule has 15 heavy (non-hydrogen) atoms. The van der Waals surface area contributed by atoms with Gasteiger partial charge in [0.15, 0.2) is 11.6 Å². The predicted octanol–water partition coefficient (Wildman–Crippen LogP) is 1.91. The van der Waals surface area contributed by atoms with Crippen LogP contribution >= 0.6 is 0 Å². The van der Waals surface area contributed by atoms with Crippen molar-refractivity contribution in [1.29, 1.82) is 0 Å².